The highest BCUT2D eigenvalue weighted by Gasteiger charge is 2.23. The van der Waals surface area contributed by atoms with Crippen LogP contribution < -0.4 is 10.0 Å². The predicted octanol–water partition coefficient (Wildman–Crippen LogP) is 2.91. The molecule has 0 saturated carbocycles. The quantitative estimate of drug-likeness (QED) is 0.859. The number of ether oxygens (including phenoxy) is 1. The summed E-state index contributed by atoms with van der Waals surface area (Å²) >= 11 is 0. The van der Waals surface area contributed by atoms with Crippen LogP contribution in [0.3, 0.4) is 0 Å². The van der Waals surface area contributed by atoms with E-state index in [1.54, 1.807) is 24.3 Å². The average Bonchev–Trinajstić information content (AvgIpc) is 3.12. The highest BCUT2D eigenvalue weighted by atomic mass is 32.2. The summed E-state index contributed by atoms with van der Waals surface area (Å²) < 4.78 is 32.9. The van der Waals surface area contributed by atoms with Crippen molar-refractivity contribution >= 4 is 27.3 Å². The Morgan fingerprint density at radius 3 is 2.48 bits per heavy atom. The molecule has 0 aromatic heterocycles. The zero-order valence-corrected chi connectivity index (χ0v) is 14.7. The molecule has 0 unspecified atom stereocenters. The maximum atomic E-state index is 12.5. The van der Waals surface area contributed by atoms with Crippen LogP contribution in [0.4, 0.5) is 11.4 Å². The fourth-order valence-corrected chi connectivity index (χ4v) is 3.75. The molecule has 0 spiro atoms. The van der Waals surface area contributed by atoms with E-state index < -0.39 is 16.1 Å². The van der Waals surface area contributed by atoms with Crippen LogP contribution >= 0.6 is 0 Å². The molecule has 1 saturated heterocycles. The van der Waals surface area contributed by atoms with E-state index in [0.29, 0.717) is 24.4 Å². The van der Waals surface area contributed by atoms with E-state index in [4.69, 9.17) is 4.74 Å². The van der Waals surface area contributed by atoms with Gasteiger partial charge < -0.3 is 10.1 Å². The summed E-state index contributed by atoms with van der Waals surface area (Å²) in [6.45, 7) is 2.43. The number of para-hydroxylation sites is 1. The van der Waals surface area contributed by atoms with E-state index in [9.17, 15) is 13.2 Å². The Morgan fingerprint density at radius 2 is 1.84 bits per heavy atom. The Morgan fingerprint density at radius 1 is 1.12 bits per heavy atom. The Hall–Kier alpha value is -2.38. The second-order valence-corrected chi connectivity index (χ2v) is 7.62. The number of nitrogens with one attached hydrogen (secondary N) is 2. The van der Waals surface area contributed by atoms with Crippen LogP contribution in [0, 0.1) is 6.92 Å². The summed E-state index contributed by atoms with van der Waals surface area (Å²) in [6.07, 6.45) is 1.16. The number of anilines is 2. The van der Waals surface area contributed by atoms with Crippen molar-refractivity contribution in [3.63, 3.8) is 0 Å². The highest BCUT2D eigenvalue weighted by Crippen LogP contribution is 2.21. The first-order chi connectivity index (χ1) is 12.0. The molecule has 0 radical (unpaired) electrons. The topological polar surface area (TPSA) is 84.5 Å². The number of hydrogen-bond acceptors (Lipinski definition) is 4. The zero-order chi connectivity index (χ0) is 17.9. The van der Waals surface area contributed by atoms with Crippen molar-refractivity contribution in [3.8, 4) is 0 Å². The van der Waals surface area contributed by atoms with Crippen LogP contribution in [0.15, 0.2) is 53.4 Å². The molecule has 6 nitrogen and oxygen atoms in total. The smallest absolute Gasteiger partial charge is 0.261 e. The molecule has 1 aliphatic heterocycles. The number of aryl methyl sites for hydroxylation is 1. The first-order valence-corrected chi connectivity index (χ1v) is 9.55. The van der Waals surface area contributed by atoms with Gasteiger partial charge in [-0.25, -0.2) is 8.42 Å². The molecule has 2 N–H and O–H groups in total. The molecule has 132 valence electrons. The van der Waals surface area contributed by atoms with Crippen molar-refractivity contribution in [2.45, 2.75) is 30.8 Å². The van der Waals surface area contributed by atoms with Crippen LogP contribution in [0.2, 0.25) is 0 Å². The summed E-state index contributed by atoms with van der Waals surface area (Å²) in [5, 5.41) is 2.74. The third-order valence-electron chi connectivity index (χ3n) is 4.04. The largest absolute Gasteiger partial charge is 0.368 e. The van der Waals surface area contributed by atoms with Gasteiger partial charge in [0, 0.05) is 12.3 Å². The van der Waals surface area contributed by atoms with Crippen LogP contribution in [-0.4, -0.2) is 27.0 Å². The van der Waals surface area contributed by atoms with Gasteiger partial charge in [0.2, 0.25) is 0 Å². The summed E-state index contributed by atoms with van der Waals surface area (Å²) in [4.78, 5) is 12.1. The van der Waals surface area contributed by atoms with Crippen molar-refractivity contribution in [2.75, 3.05) is 16.6 Å². The number of sulfonamides is 1. The zero-order valence-electron chi connectivity index (χ0n) is 13.9. The van der Waals surface area contributed by atoms with Gasteiger partial charge in [-0.05, 0) is 55.7 Å². The number of carbonyl (C=O) groups excluding carboxylic acids is 1. The van der Waals surface area contributed by atoms with Crippen molar-refractivity contribution in [1.29, 1.82) is 0 Å². The van der Waals surface area contributed by atoms with Crippen LogP contribution in [0.5, 0.6) is 0 Å². The lowest BCUT2D eigenvalue weighted by atomic mass is 10.2. The van der Waals surface area contributed by atoms with Gasteiger partial charge in [-0.1, -0.05) is 18.2 Å². The molecule has 1 atom stereocenters. The molecule has 3 rings (SSSR count). The Kier molecular flexibility index (Phi) is 5.06. The SMILES string of the molecule is Cc1ccccc1NS(=O)(=O)c1ccc(NC(=O)[C@H]2CCCO2)cc1. The number of amides is 1. The fourth-order valence-electron chi connectivity index (χ4n) is 2.62. The van der Waals surface area contributed by atoms with Gasteiger partial charge in [-0.3, -0.25) is 9.52 Å². The molecule has 0 aliphatic carbocycles. The van der Waals surface area contributed by atoms with Crippen molar-refractivity contribution in [2.24, 2.45) is 0 Å². The maximum absolute atomic E-state index is 12.5. The Bertz CT molecular complexity index is 857. The summed E-state index contributed by atoms with van der Waals surface area (Å²) in [5.74, 6) is -0.203. The molecule has 1 heterocycles. The molecular weight excluding hydrogens is 340 g/mol. The summed E-state index contributed by atoms with van der Waals surface area (Å²) in [7, 11) is -3.68. The molecule has 1 aliphatic rings. The summed E-state index contributed by atoms with van der Waals surface area (Å²) in [6, 6.07) is 13.2. The average molecular weight is 360 g/mol. The van der Waals surface area contributed by atoms with Crippen molar-refractivity contribution in [3.05, 3.63) is 54.1 Å². The van der Waals surface area contributed by atoms with Crippen LogP contribution in [-0.2, 0) is 19.6 Å². The van der Waals surface area contributed by atoms with Gasteiger partial charge in [0.1, 0.15) is 6.10 Å². The third kappa shape index (κ3) is 4.18. The van der Waals surface area contributed by atoms with E-state index in [1.807, 2.05) is 19.1 Å². The Labute approximate surface area is 147 Å². The first kappa shape index (κ1) is 17.4. The third-order valence-corrected chi connectivity index (χ3v) is 5.43. The Balaban J connectivity index is 1.70. The maximum Gasteiger partial charge on any atom is 0.261 e. The molecule has 2 aromatic carbocycles. The lowest BCUT2D eigenvalue weighted by Crippen LogP contribution is -2.26. The number of carbonyl (C=O) groups is 1. The number of rotatable bonds is 5. The monoisotopic (exact) mass is 360 g/mol. The number of benzene rings is 2. The fraction of sp³-hybridized carbons (Fsp3) is 0.278. The highest BCUT2D eigenvalue weighted by molar-refractivity contribution is 7.92. The lowest BCUT2D eigenvalue weighted by molar-refractivity contribution is -0.124. The second-order valence-electron chi connectivity index (χ2n) is 5.94. The minimum atomic E-state index is -3.68. The van der Waals surface area contributed by atoms with E-state index in [-0.39, 0.29) is 10.8 Å². The molecule has 0 bridgehead atoms. The van der Waals surface area contributed by atoms with Gasteiger partial charge in [0.05, 0.1) is 10.6 Å². The van der Waals surface area contributed by atoms with Crippen molar-refractivity contribution in [1.82, 2.24) is 0 Å². The van der Waals surface area contributed by atoms with Gasteiger partial charge in [-0.15, -0.1) is 0 Å². The van der Waals surface area contributed by atoms with E-state index in [0.717, 1.165) is 12.0 Å². The molecule has 25 heavy (non-hydrogen) atoms. The minimum absolute atomic E-state index is 0.130. The molecule has 1 amide bonds. The predicted molar refractivity (Wildman–Crippen MR) is 96.0 cm³/mol. The van der Waals surface area contributed by atoms with Gasteiger partial charge in [0.25, 0.3) is 15.9 Å². The van der Waals surface area contributed by atoms with E-state index in [2.05, 4.69) is 10.0 Å². The lowest BCUT2D eigenvalue weighted by Gasteiger charge is -2.12. The normalized spacial score (nSPS) is 17.2. The minimum Gasteiger partial charge on any atom is -0.368 e. The van der Waals surface area contributed by atoms with Crippen LogP contribution in [0.25, 0.3) is 0 Å². The van der Waals surface area contributed by atoms with Gasteiger partial charge >= 0.3 is 0 Å². The molecular formula is C18H20N2O4S. The van der Waals surface area contributed by atoms with E-state index >= 15 is 0 Å². The second kappa shape index (κ2) is 7.25. The molecule has 7 heteroatoms. The molecule has 1 fully saturated rings. The molecule has 2 aromatic rings. The van der Waals surface area contributed by atoms with Crippen molar-refractivity contribution < 1.29 is 17.9 Å². The van der Waals surface area contributed by atoms with E-state index in [1.165, 1.54) is 12.1 Å². The van der Waals surface area contributed by atoms with Crippen LogP contribution in [0.1, 0.15) is 18.4 Å². The summed E-state index contributed by atoms with van der Waals surface area (Å²) in [5.41, 5.74) is 1.92. The van der Waals surface area contributed by atoms with Gasteiger partial charge in [0.15, 0.2) is 0 Å². The number of hydrogen-bond donors (Lipinski definition) is 2. The standard InChI is InChI=1S/C18H20N2O4S/c1-13-5-2-3-6-16(13)20-25(22,23)15-10-8-14(9-11-15)19-18(21)17-7-4-12-24-17/h2-3,5-6,8-11,17,20H,4,7,12H2,1H3,(H,19,21)/t17-/m1/s1. The van der Waals surface area contributed by atoms with Gasteiger partial charge in [-0.2, -0.15) is 0 Å². The first-order valence-electron chi connectivity index (χ1n) is 8.07.